The molecule has 0 aromatic heterocycles. The van der Waals surface area contributed by atoms with Gasteiger partial charge in [-0.1, -0.05) is 72.2 Å². The fourth-order valence-electron chi connectivity index (χ4n) is 4.04. The van der Waals surface area contributed by atoms with Crippen molar-refractivity contribution in [2.24, 2.45) is 5.92 Å². The van der Waals surface area contributed by atoms with E-state index < -0.39 is 28.5 Å². The van der Waals surface area contributed by atoms with E-state index in [1.165, 1.54) is 17.0 Å². The predicted octanol–water partition coefficient (Wildman–Crippen LogP) is 5.23. The smallest absolute Gasteiger partial charge is 0.264 e. The molecule has 2 amide bonds. The number of sulfonamides is 1. The fourth-order valence-corrected chi connectivity index (χ4v) is 5.93. The maximum atomic E-state index is 14.0. The monoisotopic (exact) mass is 629 g/mol. The van der Waals surface area contributed by atoms with Crippen LogP contribution in [0, 0.1) is 5.92 Å². The molecule has 0 saturated carbocycles. The van der Waals surface area contributed by atoms with E-state index in [9.17, 15) is 18.0 Å². The van der Waals surface area contributed by atoms with Crippen LogP contribution in [0.2, 0.25) is 0 Å². The third-order valence-corrected chi connectivity index (χ3v) is 8.40. The van der Waals surface area contributed by atoms with Gasteiger partial charge in [0, 0.05) is 17.6 Å². The van der Waals surface area contributed by atoms with Crippen LogP contribution in [0.25, 0.3) is 0 Å². The highest BCUT2D eigenvalue weighted by atomic mass is 79.9. The molecular formula is C30H36BrN3O5S. The Balaban J connectivity index is 2.05. The molecular weight excluding hydrogens is 594 g/mol. The van der Waals surface area contributed by atoms with Gasteiger partial charge < -0.3 is 15.0 Å². The van der Waals surface area contributed by atoms with Crippen molar-refractivity contribution in [1.82, 2.24) is 10.2 Å². The molecule has 0 spiro atoms. The number of nitrogens with one attached hydrogen (secondary N) is 1. The molecule has 1 N–H and O–H groups in total. The number of carbonyl (C=O) groups excluding carboxylic acids is 2. The molecule has 3 aromatic carbocycles. The van der Waals surface area contributed by atoms with Gasteiger partial charge in [0.1, 0.15) is 18.3 Å². The number of anilines is 1. The lowest BCUT2D eigenvalue weighted by atomic mass is 10.1. The van der Waals surface area contributed by atoms with Gasteiger partial charge in [0.15, 0.2) is 0 Å². The van der Waals surface area contributed by atoms with Gasteiger partial charge >= 0.3 is 0 Å². The average Bonchev–Trinajstić information content (AvgIpc) is 2.94. The number of carbonyl (C=O) groups is 2. The van der Waals surface area contributed by atoms with Crippen LogP contribution in [0.5, 0.6) is 5.75 Å². The van der Waals surface area contributed by atoms with Crippen molar-refractivity contribution in [1.29, 1.82) is 0 Å². The van der Waals surface area contributed by atoms with Crippen molar-refractivity contribution in [3.63, 3.8) is 0 Å². The average molecular weight is 631 g/mol. The first-order valence-corrected chi connectivity index (χ1v) is 15.4. The van der Waals surface area contributed by atoms with Gasteiger partial charge in [-0.05, 0) is 61.7 Å². The van der Waals surface area contributed by atoms with Gasteiger partial charge in [0.2, 0.25) is 11.8 Å². The Labute approximate surface area is 245 Å². The second kappa shape index (κ2) is 14.3. The van der Waals surface area contributed by atoms with E-state index in [1.807, 2.05) is 38.1 Å². The van der Waals surface area contributed by atoms with Gasteiger partial charge in [-0.15, -0.1) is 0 Å². The van der Waals surface area contributed by atoms with Crippen molar-refractivity contribution in [2.75, 3.05) is 24.0 Å². The molecule has 0 fully saturated rings. The summed E-state index contributed by atoms with van der Waals surface area (Å²) in [6.07, 6.45) is 0. The van der Waals surface area contributed by atoms with Gasteiger partial charge in [0.25, 0.3) is 10.0 Å². The maximum Gasteiger partial charge on any atom is 0.264 e. The lowest BCUT2D eigenvalue weighted by Gasteiger charge is -2.32. The number of rotatable bonds is 13. The summed E-state index contributed by atoms with van der Waals surface area (Å²) < 4.78 is 35.5. The quantitative estimate of drug-likeness (QED) is 0.279. The van der Waals surface area contributed by atoms with E-state index in [-0.39, 0.29) is 29.0 Å². The molecule has 214 valence electrons. The van der Waals surface area contributed by atoms with Gasteiger partial charge in [-0.3, -0.25) is 13.9 Å². The summed E-state index contributed by atoms with van der Waals surface area (Å²) in [6, 6.07) is 21.2. The highest BCUT2D eigenvalue weighted by Gasteiger charge is 2.33. The first-order valence-electron chi connectivity index (χ1n) is 13.2. The van der Waals surface area contributed by atoms with Crippen molar-refractivity contribution in [3.05, 3.63) is 88.9 Å². The van der Waals surface area contributed by atoms with Crippen LogP contribution >= 0.6 is 15.9 Å². The summed E-state index contributed by atoms with van der Waals surface area (Å²) in [7, 11) is -4.17. The molecule has 0 unspecified atom stereocenters. The molecule has 3 aromatic rings. The van der Waals surface area contributed by atoms with E-state index in [1.54, 1.807) is 56.3 Å². The zero-order chi connectivity index (χ0) is 29.3. The Morgan fingerprint density at radius 1 is 0.950 bits per heavy atom. The van der Waals surface area contributed by atoms with E-state index in [0.29, 0.717) is 18.9 Å². The first kappa shape index (κ1) is 31.2. The summed E-state index contributed by atoms with van der Waals surface area (Å²) in [5, 5.41) is 2.89. The predicted molar refractivity (Wildman–Crippen MR) is 161 cm³/mol. The number of hydrogen-bond donors (Lipinski definition) is 1. The standard InChI is InChI=1S/C30H36BrN3O5S/c1-5-39-28-17-10-9-16-27(28)34(40(37,38)26-14-7-6-8-15-26)21-29(35)33(20-24-12-11-13-25(31)18-24)23(4)30(36)32-19-22(2)3/h6-18,22-23H,5,19-21H2,1-4H3,(H,32,36)/t23-/m1/s1. The van der Waals surface area contributed by atoms with Crippen LogP contribution < -0.4 is 14.4 Å². The molecule has 10 heteroatoms. The Hall–Kier alpha value is -3.37. The lowest BCUT2D eigenvalue weighted by Crippen LogP contribution is -2.51. The first-order chi connectivity index (χ1) is 19.0. The number of halogens is 1. The van der Waals surface area contributed by atoms with E-state index in [0.717, 1.165) is 14.3 Å². The molecule has 3 rings (SSSR count). The molecule has 1 atom stereocenters. The molecule has 0 aliphatic carbocycles. The number of hydrogen-bond acceptors (Lipinski definition) is 5. The van der Waals surface area contributed by atoms with Crippen molar-refractivity contribution in [3.8, 4) is 5.75 Å². The Bertz CT molecular complexity index is 1400. The number of benzene rings is 3. The molecule has 0 heterocycles. The van der Waals surface area contributed by atoms with Crippen LogP contribution in [0.15, 0.2) is 88.2 Å². The van der Waals surface area contributed by atoms with Gasteiger partial charge in [-0.25, -0.2) is 8.42 Å². The van der Waals surface area contributed by atoms with Crippen LogP contribution in [0.1, 0.15) is 33.3 Å². The van der Waals surface area contributed by atoms with Gasteiger partial charge in [0.05, 0.1) is 17.2 Å². The lowest BCUT2D eigenvalue weighted by molar-refractivity contribution is -0.139. The molecule has 0 radical (unpaired) electrons. The molecule has 8 nitrogen and oxygen atoms in total. The van der Waals surface area contributed by atoms with Crippen molar-refractivity contribution >= 4 is 43.5 Å². The zero-order valence-electron chi connectivity index (χ0n) is 23.2. The van der Waals surface area contributed by atoms with Crippen LogP contribution in [0.4, 0.5) is 5.69 Å². The minimum absolute atomic E-state index is 0.0374. The van der Waals surface area contributed by atoms with E-state index >= 15 is 0 Å². The minimum Gasteiger partial charge on any atom is -0.492 e. The fraction of sp³-hybridized carbons (Fsp3) is 0.333. The van der Waals surface area contributed by atoms with Crippen molar-refractivity contribution in [2.45, 2.75) is 45.2 Å². The van der Waals surface area contributed by atoms with E-state index in [2.05, 4.69) is 21.2 Å². The maximum absolute atomic E-state index is 14.0. The van der Waals surface area contributed by atoms with Crippen molar-refractivity contribution < 1.29 is 22.7 Å². The van der Waals surface area contributed by atoms with Crippen LogP contribution in [0.3, 0.4) is 0 Å². The topological polar surface area (TPSA) is 96.0 Å². The molecule has 0 bridgehead atoms. The SMILES string of the molecule is CCOc1ccccc1N(CC(=O)N(Cc1cccc(Br)c1)[C@H](C)C(=O)NCC(C)C)S(=O)(=O)c1ccccc1. The van der Waals surface area contributed by atoms with Crippen LogP contribution in [-0.4, -0.2) is 50.9 Å². The summed E-state index contributed by atoms with van der Waals surface area (Å²) >= 11 is 3.46. The molecule has 0 aliphatic rings. The highest BCUT2D eigenvalue weighted by Crippen LogP contribution is 2.33. The van der Waals surface area contributed by atoms with Gasteiger partial charge in [-0.2, -0.15) is 0 Å². The summed E-state index contributed by atoms with van der Waals surface area (Å²) in [5.41, 5.74) is 1.03. The number of ether oxygens (including phenoxy) is 1. The van der Waals surface area contributed by atoms with Crippen LogP contribution in [-0.2, 0) is 26.2 Å². The minimum atomic E-state index is -4.17. The second-order valence-electron chi connectivity index (χ2n) is 9.69. The van der Waals surface area contributed by atoms with E-state index in [4.69, 9.17) is 4.74 Å². The molecule has 40 heavy (non-hydrogen) atoms. The third kappa shape index (κ3) is 8.08. The number of para-hydroxylation sites is 2. The molecule has 0 saturated heterocycles. The number of amides is 2. The normalized spacial score (nSPS) is 12.1. The molecule has 0 aliphatic heterocycles. The second-order valence-corrected chi connectivity index (χ2v) is 12.5. The summed E-state index contributed by atoms with van der Waals surface area (Å²) in [5.74, 6) is -0.285. The summed E-state index contributed by atoms with van der Waals surface area (Å²) in [4.78, 5) is 28.6. The Morgan fingerprint density at radius 2 is 1.62 bits per heavy atom. The number of nitrogens with zero attached hydrogens (tertiary/aromatic N) is 2. The highest BCUT2D eigenvalue weighted by molar-refractivity contribution is 9.10. The Kier molecular flexibility index (Phi) is 11.2. The summed E-state index contributed by atoms with van der Waals surface area (Å²) in [6.45, 7) is 7.77. The largest absolute Gasteiger partial charge is 0.492 e. The Morgan fingerprint density at radius 3 is 2.27 bits per heavy atom. The zero-order valence-corrected chi connectivity index (χ0v) is 25.6. The third-order valence-electron chi connectivity index (χ3n) is 6.14.